The number of guanidine groups is 1. The van der Waals surface area contributed by atoms with Crippen LogP contribution in [0.2, 0.25) is 0 Å². The monoisotopic (exact) mass is 237 g/mol. The van der Waals surface area contributed by atoms with Crippen LogP contribution in [0.15, 0.2) is 4.99 Å². The number of nitrogens with zero attached hydrogens (tertiary/aromatic N) is 1. The first kappa shape index (κ1) is 12.7. The third-order valence-electron chi connectivity index (χ3n) is 3.68. The van der Waals surface area contributed by atoms with Gasteiger partial charge in [-0.25, -0.2) is 0 Å². The fourth-order valence-corrected chi connectivity index (χ4v) is 2.52. The maximum absolute atomic E-state index is 4.30. The average molecular weight is 237 g/mol. The van der Waals surface area contributed by atoms with Crippen molar-refractivity contribution in [1.29, 1.82) is 0 Å². The SMILES string of the molecule is CN=C(NCC(C1CC1)C1CC1)NC(C)(C)C. The summed E-state index contributed by atoms with van der Waals surface area (Å²) in [6.07, 6.45) is 5.81. The summed E-state index contributed by atoms with van der Waals surface area (Å²) in [6, 6.07) is 0. The first-order chi connectivity index (χ1) is 7.99. The zero-order valence-electron chi connectivity index (χ0n) is 11.7. The van der Waals surface area contributed by atoms with Crippen molar-refractivity contribution in [3.63, 3.8) is 0 Å². The van der Waals surface area contributed by atoms with Gasteiger partial charge in [0.05, 0.1) is 0 Å². The van der Waals surface area contributed by atoms with Gasteiger partial charge in [0.25, 0.3) is 0 Å². The van der Waals surface area contributed by atoms with Gasteiger partial charge in [-0.15, -0.1) is 0 Å². The second-order valence-corrected chi connectivity index (χ2v) is 6.67. The summed E-state index contributed by atoms with van der Waals surface area (Å²) in [4.78, 5) is 4.30. The molecule has 0 saturated heterocycles. The van der Waals surface area contributed by atoms with Crippen molar-refractivity contribution in [2.45, 2.75) is 52.0 Å². The molecule has 98 valence electrons. The second kappa shape index (κ2) is 4.87. The van der Waals surface area contributed by atoms with E-state index >= 15 is 0 Å². The Bertz CT molecular complexity index is 270. The number of hydrogen-bond donors (Lipinski definition) is 2. The molecule has 2 saturated carbocycles. The average Bonchev–Trinajstić information content (AvgIpc) is 3.08. The number of aliphatic imine (C=N–C) groups is 1. The van der Waals surface area contributed by atoms with E-state index in [1.165, 1.54) is 25.7 Å². The molecule has 0 heterocycles. The van der Waals surface area contributed by atoms with Crippen LogP contribution in [0.4, 0.5) is 0 Å². The lowest BCUT2D eigenvalue weighted by atomic mass is 9.98. The lowest BCUT2D eigenvalue weighted by Gasteiger charge is -2.25. The van der Waals surface area contributed by atoms with Crippen LogP contribution in [0.3, 0.4) is 0 Å². The van der Waals surface area contributed by atoms with Crippen LogP contribution in [0.25, 0.3) is 0 Å². The van der Waals surface area contributed by atoms with Gasteiger partial charge < -0.3 is 10.6 Å². The molecule has 3 nitrogen and oxygen atoms in total. The third kappa shape index (κ3) is 4.21. The van der Waals surface area contributed by atoms with Crippen molar-refractivity contribution in [2.75, 3.05) is 13.6 Å². The van der Waals surface area contributed by atoms with Gasteiger partial charge in [-0.3, -0.25) is 4.99 Å². The van der Waals surface area contributed by atoms with Gasteiger partial charge in [0.2, 0.25) is 0 Å². The topological polar surface area (TPSA) is 36.4 Å². The molecule has 0 aromatic rings. The third-order valence-corrected chi connectivity index (χ3v) is 3.68. The zero-order valence-corrected chi connectivity index (χ0v) is 11.7. The quantitative estimate of drug-likeness (QED) is 0.582. The predicted molar refractivity (Wildman–Crippen MR) is 73.2 cm³/mol. The van der Waals surface area contributed by atoms with Gasteiger partial charge in [-0.2, -0.15) is 0 Å². The molecule has 0 bridgehead atoms. The van der Waals surface area contributed by atoms with E-state index in [4.69, 9.17) is 0 Å². The van der Waals surface area contributed by atoms with Crippen LogP contribution in [0, 0.1) is 17.8 Å². The van der Waals surface area contributed by atoms with Crippen LogP contribution < -0.4 is 10.6 Å². The molecular formula is C14H27N3. The van der Waals surface area contributed by atoms with E-state index in [9.17, 15) is 0 Å². The highest BCUT2D eigenvalue weighted by Gasteiger charge is 2.41. The van der Waals surface area contributed by atoms with Crippen LogP contribution in [-0.4, -0.2) is 25.1 Å². The van der Waals surface area contributed by atoms with Crippen LogP contribution in [0.5, 0.6) is 0 Å². The molecule has 0 aliphatic heterocycles. The fourth-order valence-electron chi connectivity index (χ4n) is 2.52. The Labute approximate surface area is 105 Å². The fraction of sp³-hybridized carbons (Fsp3) is 0.929. The predicted octanol–water partition coefficient (Wildman–Crippen LogP) is 2.39. The zero-order chi connectivity index (χ0) is 12.5. The summed E-state index contributed by atoms with van der Waals surface area (Å²) >= 11 is 0. The number of rotatable bonds is 4. The first-order valence-corrected chi connectivity index (χ1v) is 6.98. The molecule has 0 unspecified atom stereocenters. The highest BCUT2D eigenvalue weighted by atomic mass is 15.2. The molecule has 17 heavy (non-hydrogen) atoms. The van der Waals surface area contributed by atoms with Gasteiger partial charge in [-0.05, 0) is 64.2 Å². The Morgan fingerprint density at radius 3 is 2.06 bits per heavy atom. The van der Waals surface area contributed by atoms with Crippen molar-refractivity contribution in [3.05, 3.63) is 0 Å². The molecule has 0 radical (unpaired) electrons. The van der Waals surface area contributed by atoms with E-state index in [2.05, 4.69) is 36.4 Å². The molecule has 0 aromatic carbocycles. The number of hydrogen-bond acceptors (Lipinski definition) is 1. The molecule has 0 amide bonds. The Balaban J connectivity index is 1.78. The second-order valence-electron chi connectivity index (χ2n) is 6.67. The maximum atomic E-state index is 4.30. The van der Waals surface area contributed by atoms with Gasteiger partial charge in [0.1, 0.15) is 0 Å². The molecule has 2 fully saturated rings. The summed E-state index contributed by atoms with van der Waals surface area (Å²) in [5, 5.41) is 6.93. The van der Waals surface area contributed by atoms with Crippen molar-refractivity contribution in [2.24, 2.45) is 22.7 Å². The first-order valence-electron chi connectivity index (χ1n) is 6.98. The molecule has 2 aliphatic rings. The van der Waals surface area contributed by atoms with Crippen LogP contribution in [-0.2, 0) is 0 Å². The lowest BCUT2D eigenvalue weighted by molar-refractivity contribution is 0.396. The molecular weight excluding hydrogens is 210 g/mol. The number of nitrogens with one attached hydrogen (secondary N) is 2. The van der Waals surface area contributed by atoms with E-state index in [1.807, 2.05) is 7.05 Å². The van der Waals surface area contributed by atoms with Gasteiger partial charge in [-0.1, -0.05) is 0 Å². The van der Waals surface area contributed by atoms with E-state index in [1.54, 1.807) is 0 Å². The summed E-state index contributed by atoms with van der Waals surface area (Å²) < 4.78 is 0. The standard InChI is InChI=1S/C14H27N3/c1-14(2,3)17-13(15-4)16-9-12(10-5-6-10)11-7-8-11/h10-12H,5-9H2,1-4H3,(H2,15,16,17). The van der Waals surface area contributed by atoms with E-state index in [-0.39, 0.29) is 5.54 Å². The molecule has 0 atom stereocenters. The van der Waals surface area contributed by atoms with Gasteiger partial charge >= 0.3 is 0 Å². The minimum atomic E-state index is 0.0799. The van der Waals surface area contributed by atoms with Crippen molar-refractivity contribution >= 4 is 5.96 Å². The Morgan fingerprint density at radius 1 is 1.18 bits per heavy atom. The largest absolute Gasteiger partial charge is 0.356 e. The summed E-state index contributed by atoms with van der Waals surface area (Å²) in [7, 11) is 1.85. The highest BCUT2D eigenvalue weighted by Crippen LogP contribution is 2.48. The van der Waals surface area contributed by atoms with Crippen LogP contribution in [0.1, 0.15) is 46.5 Å². The van der Waals surface area contributed by atoms with Crippen molar-refractivity contribution in [3.8, 4) is 0 Å². The highest BCUT2D eigenvalue weighted by molar-refractivity contribution is 5.80. The summed E-state index contributed by atoms with van der Waals surface area (Å²) in [5.74, 6) is 3.85. The minimum Gasteiger partial charge on any atom is -0.356 e. The van der Waals surface area contributed by atoms with E-state index in [0.717, 1.165) is 30.3 Å². The molecule has 2 rings (SSSR count). The van der Waals surface area contributed by atoms with E-state index < -0.39 is 0 Å². The van der Waals surface area contributed by atoms with E-state index in [0.29, 0.717) is 0 Å². The molecule has 2 aliphatic carbocycles. The normalized spacial score (nSPS) is 21.8. The molecule has 2 N–H and O–H groups in total. The summed E-state index contributed by atoms with van der Waals surface area (Å²) in [6.45, 7) is 7.60. The Morgan fingerprint density at radius 2 is 1.71 bits per heavy atom. The van der Waals surface area contributed by atoms with Crippen LogP contribution >= 0.6 is 0 Å². The summed E-state index contributed by atoms with van der Waals surface area (Å²) in [5.41, 5.74) is 0.0799. The van der Waals surface area contributed by atoms with Crippen molar-refractivity contribution < 1.29 is 0 Å². The Kier molecular flexibility index (Phi) is 3.64. The molecule has 0 aromatic heterocycles. The van der Waals surface area contributed by atoms with Crippen molar-refractivity contribution in [1.82, 2.24) is 10.6 Å². The minimum absolute atomic E-state index is 0.0799. The van der Waals surface area contributed by atoms with Gasteiger partial charge in [0.15, 0.2) is 5.96 Å². The Hall–Kier alpha value is -0.730. The molecule has 0 spiro atoms. The molecule has 3 heteroatoms. The van der Waals surface area contributed by atoms with Gasteiger partial charge in [0, 0.05) is 19.1 Å². The maximum Gasteiger partial charge on any atom is 0.191 e. The smallest absolute Gasteiger partial charge is 0.191 e. The lowest BCUT2D eigenvalue weighted by Crippen LogP contribution is -2.48.